The Morgan fingerprint density at radius 2 is 1.67 bits per heavy atom. The third kappa shape index (κ3) is 5.68. The lowest BCUT2D eigenvalue weighted by Crippen LogP contribution is -2.52. The summed E-state index contributed by atoms with van der Waals surface area (Å²) < 4.78 is 36.2. The molecule has 1 aliphatic heterocycles. The molecule has 1 aliphatic rings. The van der Waals surface area contributed by atoms with E-state index >= 15 is 0 Å². The van der Waals surface area contributed by atoms with Crippen LogP contribution in [0.3, 0.4) is 0 Å². The third-order valence-corrected chi connectivity index (χ3v) is 2.69. The lowest BCUT2D eigenvalue weighted by molar-refractivity contribution is -0.162. The van der Waals surface area contributed by atoms with Crippen molar-refractivity contribution in [2.24, 2.45) is 0 Å². The van der Waals surface area contributed by atoms with E-state index in [9.17, 15) is 23.1 Å². The van der Waals surface area contributed by atoms with Gasteiger partial charge < -0.3 is 10.0 Å². The van der Waals surface area contributed by atoms with Crippen molar-refractivity contribution < 1.29 is 23.1 Å². The van der Waals surface area contributed by atoms with Crippen LogP contribution in [0.5, 0.6) is 0 Å². The van der Waals surface area contributed by atoms with Gasteiger partial charge in [-0.1, -0.05) is 0 Å². The molecule has 0 aromatic carbocycles. The number of carbonyl (C=O) groups is 1. The Bertz CT molecular complexity index is 292. The highest BCUT2D eigenvalue weighted by Crippen LogP contribution is 2.21. The molecule has 106 valence electrons. The first-order valence-electron chi connectivity index (χ1n) is 5.86. The van der Waals surface area contributed by atoms with Gasteiger partial charge in [0.15, 0.2) is 0 Å². The topological polar surface area (TPSA) is 43.8 Å². The van der Waals surface area contributed by atoms with Crippen LogP contribution in [-0.2, 0) is 4.79 Å². The van der Waals surface area contributed by atoms with Gasteiger partial charge in [0.05, 0.1) is 5.60 Å². The van der Waals surface area contributed by atoms with Crippen molar-refractivity contribution >= 4 is 5.91 Å². The SMILES string of the molecule is CC(C)(O)CN1CCN(C(=O)CC(F)(F)F)CC1. The summed E-state index contributed by atoms with van der Waals surface area (Å²) in [6.45, 7) is 5.35. The largest absolute Gasteiger partial charge is 0.397 e. The van der Waals surface area contributed by atoms with Crippen molar-refractivity contribution in [3.63, 3.8) is 0 Å². The standard InChI is InChI=1S/C11H19F3N2O2/c1-10(2,18)8-15-3-5-16(6-4-15)9(17)7-11(12,13)14/h18H,3-8H2,1-2H3. The lowest BCUT2D eigenvalue weighted by Gasteiger charge is -2.37. The van der Waals surface area contributed by atoms with Crippen molar-refractivity contribution in [2.45, 2.75) is 32.0 Å². The number of alkyl halides is 3. The molecule has 18 heavy (non-hydrogen) atoms. The van der Waals surface area contributed by atoms with Crippen molar-refractivity contribution in [3.05, 3.63) is 0 Å². The summed E-state index contributed by atoms with van der Waals surface area (Å²) in [4.78, 5) is 14.5. The van der Waals surface area contributed by atoms with Crippen molar-refractivity contribution in [3.8, 4) is 0 Å². The Labute approximate surface area is 104 Å². The molecule has 7 heteroatoms. The summed E-state index contributed by atoms with van der Waals surface area (Å²) >= 11 is 0. The fourth-order valence-corrected chi connectivity index (χ4v) is 1.99. The number of carbonyl (C=O) groups excluding carboxylic acids is 1. The molecule has 0 saturated carbocycles. The van der Waals surface area contributed by atoms with Gasteiger partial charge in [0, 0.05) is 32.7 Å². The summed E-state index contributed by atoms with van der Waals surface area (Å²) in [6.07, 6.45) is -5.83. The van der Waals surface area contributed by atoms with Gasteiger partial charge in [0.1, 0.15) is 6.42 Å². The Morgan fingerprint density at radius 3 is 2.06 bits per heavy atom. The van der Waals surface area contributed by atoms with E-state index in [1.807, 2.05) is 4.90 Å². The van der Waals surface area contributed by atoms with Crippen LogP contribution < -0.4 is 0 Å². The van der Waals surface area contributed by atoms with Crippen LogP contribution >= 0.6 is 0 Å². The van der Waals surface area contributed by atoms with Gasteiger partial charge in [-0.2, -0.15) is 13.2 Å². The summed E-state index contributed by atoms with van der Waals surface area (Å²) in [5.41, 5.74) is -0.835. The van der Waals surface area contributed by atoms with Crippen LogP contribution in [0.2, 0.25) is 0 Å². The van der Waals surface area contributed by atoms with Gasteiger partial charge in [-0.25, -0.2) is 0 Å². The smallest absolute Gasteiger partial charge is 0.389 e. The zero-order chi connectivity index (χ0) is 14.0. The molecule has 0 atom stereocenters. The molecular weight excluding hydrogens is 249 g/mol. The first-order valence-corrected chi connectivity index (χ1v) is 5.86. The first kappa shape index (κ1) is 15.2. The molecule has 0 aromatic rings. The predicted octanol–water partition coefficient (Wildman–Crippen LogP) is 0.854. The predicted molar refractivity (Wildman–Crippen MR) is 60.0 cm³/mol. The van der Waals surface area contributed by atoms with Crippen molar-refractivity contribution in [1.82, 2.24) is 9.80 Å². The van der Waals surface area contributed by atoms with Gasteiger partial charge in [-0.05, 0) is 13.8 Å². The minimum Gasteiger partial charge on any atom is -0.389 e. The van der Waals surface area contributed by atoms with E-state index in [-0.39, 0.29) is 13.1 Å². The van der Waals surface area contributed by atoms with Crippen LogP contribution in [-0.4, -0.2) is 65.3 Å². The molecule has 1 heterocycles. The summed E-state index contributed by atoms with van der Waals surface area (Å²) in [7, 11) is 0. The fraction of sp³-hybridized carbons (Fsp3) is 0.909. The number of amides is 1. The number of nitrogens with zero attached hydrogens (tertiary/aromatic N) is 2. The van der Waals surface area contributed by atoms with Gasteiger partial charge in [-0.15, -0.1) is 0 Å². The highest BCUT2D eigenvalue weighted by Gasteiger charge is 2.34. The van der Waals surface area contributed by atoms with Crippen LogP contribution in [0.4, 0.5) is 13.2 Å². The Balaban J connectivity index is 2.37. The number of halogens is 3. The minimum absolute atomic E-state index is 0.283. The second kappa shape index (κ2) is 5.44. The van der Waals surface area contributed by atoms with Crippen LogP contribution in [0.25, 0.3) is 0 Å². The molecule has 1 saturated heterocycles. The Hall–Kier alpha value is -0.820. The lowest BCUT2D eigenvalue weighted by atomic mass is 10.1. The fourth-order valence-electron chi connectivity index (χ4n) is 1.99. The van der Waals surface area contributed by atoms with Crippen molar-refractivity contribution in [2.75, 3.05) is 32.7 Å². The van der Waals surface area contributed by atoms with Crippen LogP contribution in [0, 0.1) is 0 Å². The molecule has 4 nitrogen and oxygen atoms in total. The summed E-state index contributed by atoms with van der Waals surface area (Å²) in [5.74, 6) is -0.870. The Morgan fingerprint density at radius 1 is 1.17 bits per heavy atom. The highest BCUT2D eigenvalue weighted by atomic mass is 19.4. The third-order valence-electron chi connectivity index (χ3n) is 2.69. The zero-order valence-corrected chi connectivity index (χ0v) is 10.6. The molecule has 1 fully saturated rings. The van der Waals surface area contributed by atoms with Gasteiger partial charge in [0.2, 0.25) is 5.91 Å². The number of hydrogen-bond acceptors (Lipinski definition) is 3. The van der Waals surface area contributed by atoms with E-state index in [0.717, 1.165) is 0 Å². The molecule has 0 bridgehead atoms. The number of β-amino-alcohol motifs (C(OH)–C–C–N with tert-alkyl or cyclic N) is 1. The van der Waals surface area contributed by atoms with Crippen LogP contribution in [0.15, 0.2) is 0 Å². The van der Waals surface area contributed by atoms with Gasteiger partial charge >= 0.3 is 6.18 Å². The van der Waals surface area contributed by atoms with E-state index in [1.54, 1.807) is 13.8 Å². The maximum Gasteiger partial charge on any atom is 0.397 e. The van der Waals surface area contributed by atoms with E-state index in [4.69, 9.17) is 0 Å². The normalized spacial score (nSPS) is 19.1. The maximum atomic E-state index is 12.1. The number of hydrogen-bond donors (Lipinski definition) is 1. The van der Waals surface area contributed by atoms with E-state index in [1.165, 1.54) is 4.90 Å². The van der Waals surface area contributed by atoms with Crippen molar-refractivity contribution in [1.29, 1.82) is 0 Å². The average Bonchev–Trinajstić information content (AvgIpc) is 2.13. The summed E-state index contributed by atoms with van der Waals surface area (Å²) in [5, 5.41) is 9.63. The number of aliphatic hydroxyl groups is 1. The molecule has 0 radical (unpaired) electrons. The van der Waals surface area contributed by atoms with Gasteiger partial charge in [0.25, 0.3) is 0 Å². The van der Waals surface area contributed by atoms with E-state index < -0.39 is 24.1 Å². The second-order valence-corrected chi connectivity index (χ2v) is 5.26. The highest BCUT2D eigenvalue weighted by molar-refractivity contribution is 5.76. The molecule has 0 spiro atoms. The maximum absolute atomic E-state index is 12.1. The van der Waals surface area contributed by atoms with E-state index in [0.29, 0.717) is 19.6 Å². The zero-order valence-electron chi connectivity index (χ0n) is 10.6. The molecule has 1 amide bonds. The monoisotopic (exact) mass is 268 g/mol. The molecule has 1 rings (SSSR count). The first-order chi connectivity index (χ1) is 8.07. The molecule has 1 N–H and O–H groups in total. The van der Waals surface area contributed by atoms with E-state index in [2.05, 4.69) is 0 Å². The molecule has 0 aliphatic carbocycles. The van der Waals surface area contributed by atoms with Gasteiger partial charge in [-0.3, -0.25) is 9.69 Å². The molecule has 0 unspecified atom stereocenters. The summed E-state index contributed by atoms with van der Waals surface area (Å²) in [6, 6.07) is 0. The Kier molecular flexibility index (Phi) is 4.61. The number of piperazine rings is 1. The number of rotatable bonds is 3. The second-order valence-electron chi connectivity index (χ2n) is 5.26. The quantitative estimate of drug-likeness (QED) is 0.825. The molecule has 0 aromatic heterocycles. The average molecular weight is 268 g/mol. The molecular formula is C11H19F3N2O2. The minimum atomic E-state index is -4.44. The van der Waals surface area contributed by atoms with Crippen LogP contribution in [0.1, 0.15) is 20.3 Å².